The maximum atomic E-state index is 14.3. The van der Waals surface area contributed by atoms with E-state index >= 15 is 0 Å². The van der Waals surface area contributed by atoms with Gasteiger partial charge in [-0.2, -0.15) is 5.10 Å². The summed E-state index contributed by atoms with van der Waals surface area (Å²) in [4.78, 5) is 55.1. The van der Waals surface area contributed by atoms with E-state index < -0.39 is 29.4 Å². The van der Waals surface area contributed by atoms with Crippen LogP contribution in [0.2, 0.25) is 0 Å². The molecule has 4 aromatic rings. The molecule has 1 aliphatic heterocycles. The van der Waals surface area contributed by atoms with Gasteiger partial charge in [0.2, 0.25) is 5.91 Å². The van der Waals surface area contributed by atoms with Crippen LogP contribution in [0.4, 0.5) is 4.39 Å². The minimum absolute atomic E-state index is 0.0766. The molecule has 0 aliphatic carbocycles. The third-order valence-corrected chi connectivity index (χ3v) is 5.94. The van der Waals surface area contributed by atoms with Crippen LogP contribution >= 0.6 is 0 Å². The number of fused-ring (bicyclic) bond motifs is 2. The maximum Gasteiger partial charge on any atom is 0.419 e. The van der Waals surface area contributed by atoms with E-state index in [2.05, 4.69) is 20.7 Å². The van der Waals surface area contributed by atoms with E-state index in [9.17, 15) is 23.6 Å². The average molecular weight is 481 g/mol. The minimum Gasteiger partial charge on any atom is -0.408 e. The number of likely N-dealkylation sites (N-methyl/N-ethyl adjacent to an activating group) is 1. The van der Waals surface area contributed by atoms with E-state index in [0.717, 1.165) is 10.7 Å². The number of amides is 3. The number of hydrogen-bond acceptors (Lipinski definition) is 7. The van der Waals surface area contributed by atoms with Crippen molar-refractivity contribution < 1.29 is 23.2 Å². The number of carbonyl (C=O) groups is 3. The maximum absolute atomic E-state index is 14.3. The summed E-state index contributed by atoms with van der Waals surface area (Å²) in [5.41, 5.74) is 1.02. The zero-order chi connectivity index (χ0) is 24.9. The van der Waals surface area contributed by atoms with Crippen LogP contribution in [-0.4, -0.2) is 61.4 Å². The molecule has 5 rings (SSSR count). The summed E-state index contributed by atoms with van der Waals surface area (Å²) in [6.45, 7) is 0.575. The predicted molar refractivity (Wildman–Crippen MR) is 119 cm³/mol. The number of aryl methyl sites for hydroxylation is 1. The first-order valence-electron chi connectivity index (χ1n) is 10.7. The first kappa shape index (κ1) is 22.3. The van der Waals surface area contributed by atoms with Gasteiger partial charge in [0.1, 0.15) is 17.4 Å². The van der Waals surface area contributed by atoms with E-state index in [0.29, 0.717) is 29.6 Å². The van der Waals surface area contributed by atoms with Crippen molar-refractivity contribution in [2.45, 2.75) is 19.0 Å². The van der Waals surface area contributed by atoms with Crippen LogP contribution in [0.15, 0.2) is 39.7 Å². The van der Waals surface area contributed by atoms with Gasteiger partial charge in [-0.1, -0.05) is 6.07 Å². The molecule has 1 atom stereocenters. The Kier molecular flexibility index (Phi) is 5.30. The summed E-state index contributed by atoms with van der Waals surface area (Å²) >= 11 is 0. The summed E-state index contributed by atoms with van der Waals surface area (Å²) in [6, 6.07) is 5.47. The molecule has 3 amide bonds. The van der Waals surface area contributed by atoms with E-state index in [1.54, 1.807) is 32.3 Å². The lowest BCUT2D eigenvalue weighted by molar-refractivity contribution is -0.128. The van der Waals surface area contributed by atoms with Gasteiger partial charge in [0.05, 0.1) is 11.7 Å². The van der Waals surface area contributed by atoms with Crippen LogP contribution < -0.4 is 16.4 Å². The Morgan fingerprint density at radius 1 is 1.20 bits per heavy atom. The van der Waals surface area contributed by atoms with Crippen molar-refractivity contribution in [2.75, 3.05) is 13.6 Å². The number of aromatic nitrogens is 4. The molecule has 3 aromatic heterocycles. The number of benzene rings is 1. The van der Waals surface area contributed by atoms with Crippen molar-refractivity contribution in [1.82, 2.24) is 34.7 Å². The summed E-state index contributed by atoms with van der Waals surface area (Å²) in [7, 11) is 3.20. The van der Waals surface area contributed by atoms with Crippen molar-refractivity contribution in [3.05, 3.63) is 63.8 Å². The fourth-order valence-electron chi connectivity index (χ4n) is 3.96. The molecule has 0 spiro atoms. The Bertz CT molecular complexity index is 1570. The van der Waals surface area contributed by atoms with Crippen molar-refractivity contribution in [3.63, 3.8) is 0 Å². The topological polar surface area (TPSA) is 144 Å². The Morgan fingerprint density at radius 2 is 2.00 bits per heavy atom. The Balaban J connectivity index is 1.40. The van der Waals surface area contributed by atoms with Gasteiger partial charge in [0, 0.05) is 33.3 Å². The smallest absolute Gasteiger partial charge is 0.408 e. The minimum atomic E-state index is -0.809. The van der Waals surface area contributed by atoms with Crippen LogP contribution in [0.5, 0.6) is 0 Å². The van der Waals surface area contributed by atoms with Crippen LogP contribution in [-0.2, 0) is 18.4 Å². The second kappa shape index (κ2) is 8.34. The largest absolute Gasteiger partial charge is 0.419 e. The molecule has 1 fully saturated rings. The monoisotopic (exact) mass is 481 g/mol. The lowest BCUT2D eigenvalue weighted by Gasteiger charge is -2.13. The second-order valence-electron chi connectivity index (χ2n) is 8.24. The van der Waals surface area contributed by atoms with E-state index in [4.69, 9.17) is 4.42 Å². The fourth-order valence-corrected chi connectivity index (χ4v) is 3.96. The molecule has 0 bridgehead atoms. The van der Waals surface area contributed by atoms with Gasteiger partial charge in [-0.15, -0.1) is 0 Å². The average Bonchev–Trinajstić information content (AvgIpc) is 3.47. The molecule has 0 radical (unpaired) electrons. The summed E-state index contributed by atoms with van der Waals surface area (Å²) in [5.74, 6) is -2.88. The van der Waals surface area contributed by atoms with Crippen molar-refractivity contribution in [2.24, 2.45) is 7.05 Å². The molecular weight excluding hydrogens is 461 g/mol. The Labute approximate surface area is 196 Å². The predicted octanol–water partition coefficient (Wildman–Crippen LogP) is 0.204. The summed E-state index contributed by atoms with van der Waals surface area (Å²) in [5, 5.41) is 9.12. The number of halogens is 1. The second-order valence-corrected chi connectivity index (χ2v) is 8.24. The van der Waals surface area contributed by atoms with Gasteiger partial charge in [-0.05, 0) is 24.1 Å². The highest BCUT2D eigenvalue weighted by molar-refractivity contribution is 6.00. The number of rotatable bonds is 5. The molecule has 0 unspecified atom stereocenters. The van der Waals surface area contributed by atoms with E-state index in [1.165, 1.54) is 15.5 Å². The van der Waals surface area contributed by atoms with E-state index in [-0.39, 0.29) is 29.5 Å². The zero-order valence-electron chi connectivity index (χ0n) is 18.7. The number of nitrogens with one attached hydrogen (secondary N) is 2. The molecule has 0 saturated carbocycles. The normalized spacial score (nSPS) is 15.8. The number of likely N-dealkylation sites (tertiary alicyclic amines) is 1. The summed E-state index contributed by atoms with van der Waals surface area (Å²) < 4.78 is 21.7. The quantitative estimate of drug-likeness (QED) is 0.415. The van der Waals surface area contributed by atoms with Crippen LogP contribution in [0, 0.1) is 5.82 Å². The molecule has 180 valence electrons. The van der Waals surface area contributed by atoms with Gasteiger partial charge < -0.3 is 20.0 Å². The molecule has 2 N–H and O–H groups in total. The number of hydrogen-bond donors (Lipinski definition) is 2. The third kappa shape index (κ3) is 3.90. The highest BCUT2D eigenvalue weighted by Gasteiger charge is 2.31. The molecular formula is C22H20FN7O5. The molecule has 12 nitrogen and oxygen atoms in total. The zero-order valence-corrected chi connectivity index (χ0v) is 18.7. The lowest BCUT2D eigenvalue weighted by Crippen LogP contribution is -2.41. The lowest BCUT2D eigenvalue weighted by atomic mass is 10.2. The first-order valence-corrected chi connectivity index (χ1v) is 10.7. The van der Waals surface area contributed by atoms with Crippen molar-refractivity contribution >= 4 is 34.5 Å². The molecule has 1 saturated heterocycles. The molecule has 1 aliphatic rings. The van der Waals surface area contributed by atoms with Gasteiger partial charge in [-0.25, -0.2) is 18.7 Å². The SMILES string of the molecule is CN1CC[C@H](NC(=O)c2cc(C(=O)NCc3ccc4oc(=O)n(C)c4c3)nc3c(F)cnn23)C1=O. The van der Waals surface area contributed by atoms with Gasteiger partial charge in [0.25, 0.3) is 11.8 Å². The van der Waals surface area contributed by atoms with Crippen LogP contribution in [0.25, 0.3) is 16.7 Å². The number of carbonyl (C=O) groups excluding carboxylic acids is 3. The van der Waals surface area contributed by atoms with Gasteiger partial charge in [0.15, 0.2) is 17.0 Å². The molecule has 13 heteroatoms. The first-order chi connectivity index (χ1) is 16.7. The van der Waals surface area contributed by atoms with Gasteiger partial charge >= 0.3 is 5.76 Å². The molecule has 1 aromatic carbocycles. The third-order valence-electron chi connectivity index (χ3n) is 5.94. The standard InChI is InChI=1S/C22H20FN7O5/c1-28-6-5-13(21(28)33)27-20(32)16-8-14(26-18-12(23)10-25-30(16)18)19(31)24-9-11-3-4-17-15(7-11)29(2)22(34)35-17/h3-4,7-8,10,13H,5-6,9H2,1-2H3,(H,24,31)(H,27,32)/t13-/m0/s1. The highest BCUT2D eigenvalue weighted by Crippen LogP contribution is 2.16. The van der Waals surface area contributed by atoms with Crippen LogP contribution in [0.3, 0.4) is 0 Å². The van der Waals surface area contributed by atoms with Crippen molar-refractivity contribution in [3.8, 4) is 0 Å². The van der Waals surface area contributed by atoms with Gasteiger partial charge in [-0.3, -0.25) is 19.0 Å². The molecule has 35 heavy (non-hydrogen) atoms. The van der Waals surface area contributed by atoms with Crippen molar-refractivity contribution in [1.29, 1.82) is 0 Å². The Hall–Kier alpha value is -4.55. The Morgan fingerprint density at radius 3 is 2.74 bits per heavy atom. The van der Waals surface area contributed by atoms with Crippen LogP contribution in [0.1, 0.15) is 33.0 Å². The fraction of sp³-hybridized carbons (Fsp3) is 0.273. The number of nitrogens with zero attached hydrogens (tertiary/aromatic N) is 5. The highest BCUT2D eigenvalue weighted by atomic mass is 19.1. The number of oxazole rings is 1. The van der Waals surface area contributed by atoms with E-state index in [1.807, 2.05) is 0 Å². The molecule has 4 heterocycles. The summed E-state index contributed by atoms with van der Waals surface area (Å²) in [6.07, 6.45) is 1.32.